The first-order chi connectivity index (χ1) is 12.4. The summed E-state index contributed by atoms with van der Waals surface area (Å²) in [4.78, 5) is 26.6. The van der Waals surface area contributed by atoms with E-state index in [1.807, 2.05) is 31.2 Å². The standard InChI is InChI=1S/C20H27N3O3/c1-5-23(6-2)13-16-8-7-9-17(12-16)22-20(25)19(24)21-15(4)18-11-10-14(3)26-18/h7-12,15H,5-6,13H2,1-4H3,(H,21,24)(H,22,25)/t15-/m1/s1. The summed E-state index contributed by atoms with van der Waals surface area (Å²) in [5, 5.41) is 5.29. The summed E-state index contributed by atoms with van der Waals surface area (Å²) in [6.07, 6.45) is 0. The Balaban J connectivity index is 1.95. The first-order valence-corrected chi connectivity index (χ1v) is 8.92. The highest BCUT2D eigenvalue weighted by atomic mass is 16.3. The molecule has 0 radical (unpaired) electrons. The lowest BCUT2D eigenvalue weighted by molar-refractivity contribution is -0.136. The van der Waals surface area contributed by atoms with Crippen molar-refractivity contribution in [3.05, 3.63) is 53.5 Å². The van der Waals surface area contributed by atoms with E-state index in [9.17, 15) is 9.59 Å². The number of carbonyl (C=O) groups excluding carboxylic acids is 2. The summed E-state index contributed by atoms with van der Waals surface area (Å²) in [5.74, 6) is -0.0127. The van der Waals surface area contributed by atoms with Crippen LogP contribution in [0.3, 0.4) is 0 Å². The van der Waals surface area contributed by atoms with Crippen LogP contribution in [0.1, 0.15) is 43.9 Å². The van der Waals surface area contributed by atoms with Crippen molar-refractivity contribution in [1.29, 1.82) is 0 Å². The first-order valence-electron chi connectivity index (χ1n) is 8.92. The SMILES string of the molecule is CCN(CC)Cc1cccc(NC(=O)C(=O)N[C@H](C)c2ccc(C)o2)c1. The fourth-order valence-corrected chi connectivity index (χ4v) is 2.66. The highest BCUT2D eigenvalue weighted by Crippen LogP contribution is 2.16. The van der Waals surface area contributed by atoms with Crippen molar-refractivity contribution in [2.75, 3.05) is 18.4 Å². The minimum absolute atomic E-state index is 0.379. The highest BCUT2D eigenvalue weighted by molar-refractivity contribution is 6.39. The van der Waals surface area contributed by atoms with Gasteiger partial charge >= 0.3 is 11.8 Å². The van der Waals surface area contributed by atoms with Gasteiger partial charge in [0.25, 0.3) is 0 Å². The summed E-state index contributed by atoms with van der Waals surface area (Å²) in [6, 6.07) is 10.8. The molecule has 26 heavy (non-hydrogen) atoms. The number of carbonyl (C=O) groups is 2. The molecule has 0 fully saturated rings. The topological polar surface area (TPSA) is 74.6 Å². The second kappa shape index (κ2) is 9.20. The Morgan fingerprint density at radius 1 is 1.12 bits per heavy atom. The van der Waals surface area contributed by atoms with Gasteiger partial charge in [0.1, 0.15) is 11.5 Å². The van der Waals surface area contributed by atoms with Crippen molar-refractivity contribution in [1.82, 2.24) is 10.2 Å². The summed E-state index contributed by atoms with van der Waals surface area (Å²) >= 11 is 0. The molecule has 0 bridgehead atoms. The molecule has 6 nitrogen and oxygen atoms in total. The molecular weight excluding hydrogens is 330 g/mol. The van der Waals surface area contributed by atoms with E-state index in [1.54, 1.807) is 19.1 Å². The second-order valence-electron chi connectivity index (χ2n) is 6.26. The maximum atomic E-state index is 12.2. The zero-order chi connectivity index (χ0) is 19.1. The second-order valence-corrected chi connectivity index (χ2v) is 6.26. The van der Waals surface area contributed by atoms with Crippen LogP contribution in [-0.4, -0.2) is 29.8 Å². The van der Waals surface area contributed by atoms with E-state index in [4.69, 9.17) is 4.42 Å². The molecule has 0 spiro atoms. The molecule has 0 unspecified atom stereocenters. The monoisotopic (exact) mass is 357 g/mol. The van der Waals surface area contributed by atoms with Crippen LogP contribution in [-0.2, 0) is 16.1 Å². The third kappa shape index (κ3) is 5.46. The molecule has 0 saturated carbocycles. The molecule has 0 aliphatic heterocycles. The van der Waals surface area contributed by atoms with Gasteiger partial charge in [-0.3, -0.25) is 14.5 Å². The number of benzene rings is 1. The lowest BCUT2D eigenvalue weighted by Gasteiger charge is -2.18. The zero-order valence-electron chi connectivity index (χ0n) is 15.8. The first kappa shape index (κ1) is 19.7. The van der Waals surface area contributed by atoms with Crippen LogP contribution in [0, 0.1) is 6.92 Å². The van der Waals surface area contributed by atoms with E-state index in [0.717, 1.165) is 31.0 Å². The average molecular weight is 357 g/mol. The third-order valence-corrected chi connectivity index (χ3v) is 4.23. The van der Waals surface area contributed by atoms with Crippen molar-refractivity contribution < 1.29 is 14.0 Å². The zero-order valence-corrected chi connectivity index (χ0v) is 15.8. The minimum Gasteiger partial charge on any atom is -0.464 e. The number of furan rings is 1. The van der Waals surface area contributed by atoms with Crippen LogP contribution >= 0.6 is 0 Å². The highest BCUT2D eigenvalue weighted by Gasteiger charge is 2.19. The van der Waals surface area contributed by atoms with Crippen LogP contribution in [0.15, 0.2) is 40.8 Å². The largest absolute Gasteiger partial charge is 0.464 e. The molecule has 0 saturated heterocycles. The minimum atomic E-state index is -0.694. The lowest BCUT2D eigenvalue weighted by Crippen LogP contribution is -2.36. The van der Waals surface area contributed by atoms with E-state index >= 15 is 0 Å². The van der Waals surface area contributed by atoms with Crippen LogP contribution in [0.25, 0.3) is 0 Å². The fraction of sp³-hybridized carbons (Fsp3) is 0.400. The van der Waals surface area contributed by atoms with Gasteiger partial charge in [-0.25, -0.2) is 0 Å². The molecule has 6 heteroatoms. The number of aryl methyl sites for hydroxylation is 1. The number of nitrogens with one attached hydrogen (secondary N) is 2. The lowest BCUT2D eigenvalue weighted by atomic mass is 10.2. The average Bonchev–Trinajstić information content (AvgIpc) is 3.06. The number of hydrogen-bond donors (Lipinski definition) is 2. The normalized spacial score (nSPS) is 12.0. The van der Waals surface area contributed by atoms with Gasteiger partial charge in [-0.2, -0.15) is 0 Å². The number of amides is 2. The Morgan fingerprint density at radius 3 is 2.46 bits per heavy atom. The van der Waals surface area contributed by atoms with Crippen LogP contribution < -0.4 is 10.6 Å². The van der Waals surface area contributed by atoms with Crippen molar-refractivity contribution in [2.45, 2.75) is 40.3 Å². The Hall–Kier alpha value is -2.60. The molecule has 2 rings (SSSR count). The summed E-state index contributed by atoms with van der Waals surface area (Å²) < 4.78 is 5.47. The molecule has 2 N–H and O–H groups in total. The van der Waals surface area contributed by atoms with Crippen molar-refractivity contribution in [2.24, 2.45) is 0 Å². The number of rotatable bonds is 7. The summed E-state index contributed by atoms with van der Waals surface area (Å²) in [6.45, 7) is 10.5. The van der Waals surface area contributed by atoms with Crippen molar-refractivity contribution >= 4 is 17.5 Å². The maximum Gasteiger partial charge on any atom is 0.313 e. The molecular formula is C20H27N3O3. The van der Waals surface area contributed by atoms with Crippen molar-refractivity contribution in [3.8, 4) is 0 Å². The Bertz CT molecular complexity index is 750. The molecule has 1 aromatic carbocycles. The van der Waals surface area contributed by atoms with Crippen molar-refractivity contribution in [3.63, 3.8) is 0 Å². The number of nitrogens with zero attached hydrogens (tertiary/aromatic N) is 1. The molecule has 2 aromatic rings. The number of anilines is 1. The van der Waals surface area contributed by atoms with E-state index in [0.29, 0.717) is 11.4 Å². The van der Waals surface area contributed by atoms with Crippen LogP contribution in [0.4, 0.5) is 5.69 Å². The van der Waals surface area contributed by atoms with Gasteiger partial charge in [0.05, 0.1) is 6.04 Å². The van der Waals surface area contributed by atoms with E-state index < -0.39 is 11.8 Å². The third-order valence-electron chi connectivity index (χ3n) is 4.23. The fourth-order valence-electron chi connectivity index (χ4n) is 2.66. The van der Waals surface area contributed by atoms with Gasteiger partial charge in [-0.1, -0.05) is 26.0 Å². The number of hydrogen-bond acceptors (Lipinski definition) is 4. The van der Waals surface area contributed by atoms with Gasteiger partial charge in [-0.15, -0.1) is 0 Å². The van der Waals surface area contributed by atoms with Gasteiger partial charge in [0.2, 0.25) is 0 Å². The molecule has 1 heterocycles. The van der Waals surface area contributed by atoms with E-state index in [1.165, 1.54) is 0 Å². The predicted octanol–water partition coefficient (Wildman–Crippen LogP) is 3.25. The maximum absolute atomic E-state index is 12.2. The van der Waals surface area contributed by atoms with E-state index in [2.05, 4.69) is 29.4 Å². The van der Waals surface area contributed by atoms with Crippen LogP contribution in [0.2, 0.25) is 0 Å². The smallest absolute Gasteiger partial charge is 0.313 e. The molecule has 0 aliphatic rings. The summed E-state index contributed by atoms with van der Waals surface area (Å²) in [5.41, 5.74) is 1.70. The van der Waals surface area contributed by atoms with Gasteiger partial charge in [-0.05, 0) is 56.8 Å². The summed E-state index contributed by atoms with van der Waals surface area (Å²) in [7, 11) is 0. The van der Waals surface area contributed by atoms with Gasteiger partial charge < -0.3 is 15.1 Å². The Morgan fingerprint density at radius 2 is 1.85 bits per heavy atom. The van der Waals surface area contributed by atoms with E-state index in [-0.39, 0.29) is 6.04 Å². The molecule has 0 aliphatic carbocycles. The Labute approximate surface area is 154 Å². The van der Waals surface area contributed by atoms with Gasteiger partial charge in [0, 0.05) is 12.2 Å². The van der Waals surface area contributed by atoms with Crippen LogP contribution in [0.5, 0.6) is 0 Å². The molecule has 2 amide bonds. The quantitative estimate of drug-likeness (QED) is 0.746. The van der Waals surface area contributed by atoms with Gasteiger partial charge in [0.15, 0.2) is 0 Å². The molecule has 1 aromatic heterocycles. The predicted molar refractivity (Wildman–Crippen MR) is 102 cm³/mol. The molecule has 140 valence electrons. The Kier molecular flexibility index (Phi) is 6.97. The molecule has 1 atom stereocenters.